The van der Waals surface area contributed by atoms with Crippen LogP contribution in [0.5, 0.6) is 0 Å². The van der Waals surface area contributed by atoms with E-state index in [1.165, 1.54) is 0 Å². The minimum atomic E-state index is -0.665. The second kappa shape index (κ2) is 10.4. The van der Waals surface area contributed by atoms with Crippen molar-refractivity contribution in [2.45, 2.75) is 63.6 Å². The summed E-state index contributed by atoms with van der Waals surface area (Å²) in [5.41, 5.74) is 7.63. The summed E-state index contributed by atoms with van der Waals surface area (Å²) in [5.74, 6) is -0.723. The minimum Gasteiger partial charge on any atom is -0.454 e. The number of hydrogen-bond donors (Lipinski definition) is 0. The molecule has 0 saturated carbocycles. The van der Waals surface area contributed by atoms with Crippen LogP contribution >= 0.6 is 0 Å². The minimum absolute atomic E-state index is 0.241. The molecule has 0 aliphatic heterocycles. The summed E-state index contributed by atoms with van der Waals surface area (Å²) < 4.78 is 12.7. The molecule has 2 unspecified atom stereocenters. The van der Waals surface area contributed by atoms with Gasteiger partial charge in [-0.1, -0.05) is 100 Å². The molecule has 4 nitrogen and oxygen atoms in total. The van der Waals surface area contributed by atoms with Crippen LogP contribution in [-0.2, 0) is 9.47 Å². The molecule has 0 amide bonds. The average Bonchev–Trinajstić information content (AvgIpc) is 2.98. The summed E-state index contributed by atoms with van der Waals surface area (Å²) in [5, 5.41) is 0. The smallest absolute Gasteiger partial charge is 0.338 e. The van der Waals surface area contributed by atoms with Gasteiger partial charge in [0.15, 0.2) is 12.2 Å². The summed E-state index contributed by atoms with van der Waals surface area (Å²) in [6.45, 7) is 8.40. The van der Waals surface area contributed by atoms with Gasteiger partial charge in [-0.15, -0.1) is 0 Å². The number of esters is 2. The summed E-state index contributed by atoms with van der Waals surface area (Å²) in [4.78, 5) is 27.3. The fourth-order valence-corrected chi connectivity index (χ4v) is 6.28. The molecule has 0 aromatic heterocycles. The van der Waals surface area contributed by atoms with Gasteiger partial charge in [0.25, 0.3) is 0 Å². The first-order valence-corrected chi connectivity index (χ1v) is 14.1. The largest absolute Gasteiger partial charge is 0.454 e. The van der Waals surface area contributed by atoms with Gasteiger partial charge in [-0.3, -0.25) is 0 Å². The van der Waals surface area contributed by atoms with Crippen molar-refractivity contribution in [3.05, 3.63) is 142 Å². The van der Waals surface area contributed by atoms with Crippen molar-refractivity contribution in [1.82, 2.24) is 0 Å². The second-order valence-electron chi connectivity index (χ2n) is 11.5. The third kappa shape index (κ3) is 4.52. The van der Waals surface area contributed by atoms with Crippen molar-refractivity contribution < 1.29 is 19.1 Å². The highest BCUT2D eigenvalue weighted by atomic mass is 16.6. The standard InChI is InChI=1S/C36H34O4/c1-21(2)23-11-9-13-25(19-23)35(37)39-33-31-27-15-5-7-17-29(27)32(30-18-8-6-16-28(30)31)34(33)40-36(38)26-14-10-12-24(20-26)22(3)4/h5-22,31-34H,1-4H3/t31-,32-,33?,34?. The number of carbonyl (C=O) groups is 2. The molecule has 4 aromatic rings. The van der Waals surface area contributed by atoms with Gasteiger partial charge in [0.2, 0.25) is 0 Å². The van der Waals surface area contributed by atoms with E-state index in [1.807, 2.05) is 60.7 Å². The zero-order valence-electron chi connectivity index (χ0n) is 23.3. The number of fused-ring (bicyclic) bond motifs is 1. The zero-order valence-corrected chi connectivity index (χ0v) is 23.3. The lowest BCUT2D eigenvalue weighted by molar-refractivity contribution is -0.0557. The van der Waals surface area contributed by atoms with E-state index in [0.29, 0.717) is 11.1 Å². The maximum absolute atomic E-state index is 13.6. The van der Waals surface area contributed by atoms with Crippen LogP contribution in [0.1, 0.15) is 105 Å². The molecule has 7 rings (SSSR count). The van der Waals surface area contributed by atoms with Crippen LogP contribution in [0.3, 0.4) is 0 Å². The Hall–Kier alpha value is -4.18. The quantitative estimate of drug-likeness (QED) is 0.237. The topological polar surface area (TPSA) is 52.6 Å². The van der Waals surface area contributed by atoms with Crippen LogP contribution in [0.15, 0.2) is 97.1 Å². The highest BCUT2D eigenvalue weighted by Gasteiger charge is 2.53. The number of hydrogen-bond acceptors (Lipinski definition) is 4. The lowest BCUT2D eigenvalue weighted by atomic mass is 9.61. The second-order valence-corrected chi connectivity index (χ2v) is 11.5. The Bertz CT molecular complexity index is 1420. The van der Waals surface area contributed by atoms with E-state index < -0.39 is 24.1 Å². The molecular formula is C36H34O4. The van der Waals surface area contributed by atoms with Crippen LogP contribution < -0.4 is 0 Å². The Morgan fingerprint density at radius 2 is 0.875 bits per heavy atom. The van der Waals surface area contributed by atoms with E-state index >= 15 is 0 Å². The molecule has 0 radical (unpaired) electrons. The van der Waals surface area contributed by atoms with Crippen molar-refractivity contribution in [3.63, 3.8) is 0 Å². The first-order chi connectivity index (χ1) is 19.3. The molecule has 0 heterocycles. The molecule has 3 aliphatic rings. The van der Waals surface area contributed by atoms with E-state index in [0.717, 1.165) is 33.4 Å². The third-order valence-electron chi connectivity index (χ3n) is 8.38. The highest BCUT2D eigenvalue weighted by molar-refractivity contribution is 5.91. The predicted molar refractivity (Wildman–Crippen MR) is 156 cm³/mol. The van der Waals surface area contributed by atoms with Crippen LogP contribution in [0, 0.1) is 0 Å². The first kappa shape index (κ1) is 26.1. The summed E-state index contributed by atoms with van der Waals surface area (Å²) in [6, 6.07) is 31.7. The van der Waals surface area contributed by atoms with Crippen molar-refractivity contribution in [3.8, 4) is 0 Å². The monoisotopic (exact) mass is 530 g/mol. The SMILES string of the molecule is CC(C)c1cccc(C(=O)OC2C(OC(=O)c3cccc(C(C)C)c3)[C@H]3c4ccccc4[C@H]2c2ccccc23)c1. The fraction of sp³-hybridized carbons (Fsp3) is 0.278. The fourth-order valence-electron chi connectivity index (χ4n) is 6.28. The number of ether oxygens (including phenoxy) is 2. The van der Waals surface area contributed by atoms with E-state index in [1.54, 1.807) is 12.1 Å². The normalized spacial score (nSPS) is 20.6. The molecule has 3 aliphatic carbocycles. The van der Waals surface area contributed by atoms with Crippen LogP contribution in [-0.4, -0.2) is 24.1 Å². The van der Waals surface area contributed by atoms with Crippen LogP contribution in [0.25, 0.3) is 0 Å². The van der Waals surface area contributed by atoms with Crippen LogP contribution in [0.2, 0.25) is 0 Å². The van der Waals surface area contributed by atoms with Gasteiger partial charge in [0.1, 0.15) is 0 Å². The molecular weight excluding hydrogens is 496 g/mol. The molecule has 0 saturated heterocycles. The molecule has 2 bridgehead atoms. The summed E-state index contributed by atoms with van der Waals surface area (Å²) in [6.07, 6.45) is -1.33. The number of rotatable bonds is 6. The molecule has 2 atom stereocenters. The van der Waals surface area contributed by atoms with Gasteiger partial charge in [0, 0.05) is 0 Å². The van der Waals surface area contributed by atoms with Crippen molar-refractivity contribution in [1.29, 1.82) is 0 Å². The van der Waals surface area contributed by atoms with Crippen molar-refractivity contribution in [2.24, 2.45) is 0 Å². The van der Waals surface area contributed by atoms with Crippen molar-refractivity contribution in [2.75, 3.05) is 0 Å². The van der Waals surface area contributed by atoms with Crippen LogP contribution in [0.4, 0.5) is 0 Å². The third-order valence-corrected chi connectivity index (χ3v) is 8.38. The average molecular weight is 531 g/mol. The Kier molecular flexibility index (Phi) is 6.79. The summed E-state index contributed by atoms with van der Waals surface area (Å²) in [7, 11) is 0. The summed E-state index contributed by atoms with van der Waals surface area (Å²) >= 11 is 0. The first-order valence-electron chi connectivity index (χ1n) is 14.1. The van der Waals surface area contributed by atoms with E-state index in [2.05, 4.69) is 52.0 Å². The lowest BCUT2D eigenvalue weighted by Crippen LogP contribution is -2.51. The highest BCUT2D eigenvalue weighted by Crippen LogP contribution is 2.55. The molecule has 202 valence electrons. The molecule has 40 heavy (non-hydrogen) atoms. The lowest BCUT2D eigenvalue weighted by Gasteiger charge is -2.49. The Morgan fingerprint density at radius 3 is 1.20 bits per heavy atom. The van der Waals surface area contributed by atoms with E-state index in [-0.39, 0.29) is 23.7 Å². The predicted octanol–water partition coefficient (Wildman–Crippen LogP) is 7.98. The Balaban J connectivity index is 1.42. The Labute approximate surface area is 236 Å². The van der Waals surface area contributed by atoms with Gasteiger partial charge >= 0.3 is 11.9 Å². The molecule has 0 N–H and O–H groups in total. The van der Waals surface area contributed by atoms with E-state index in [9.17, 15) is 9.59 Å². The molecule has 4 heteroatoms. The number of carbonyl (C=O) groups excluding carboxylic acids is 2. The van der Waals surface area contributed by atoms with Gasteiger partial charge in [-0.2, -0.15) is 0 Å². The van der Waals surface area contributed by atoms with Gasteiger partial charge in [-0.05, 0) is 69.5 Å². The number of benzene rings is 4. The molecule has 0 fully saturated rings. The zero-order chi connectivity index (χ0) is 28.0. The maximum atomic E-state index is 13.6. The van der Waals surface area contributed by atoms with Gasteiger partial charge < -0.3 is 9.47 Å². The maximum Gasteiger partial charge on any atom is 0.338 e. The Morgan fingerprint density at radius 1 is 0.525 bits per heavy atom. The van der Waals surface area contributed by atoms with Gasteiger partial charge in [0.05, 0.1) is 23.0 Å². The van der Waals surface area contributed by atoms with Crippen molar-refractivity contribution >= 4 is 11.9 Å². The van der Waals surface area contributed by atoms with Gasteiger partial charge in [-0.25, -0.2) is 9.59 Å². The molecule has 0 spiro atoms. The molecule has 4 aromatic carbocycles. The van der Waals surface area contributed by atoms with E-state index in [4.69, 9.17) is 9.47 Å².